The minimum Gasteiger partial charge on any atom is -0.478 e. The molecule has 1 heterocycles. The van der Waals surface area contributed by atoms with Crippen molar-refractivity contribution < 1.29 is 19.5 Å². The molecule has 7 nitrogen and oxygen atoms in total. The molecule has 2 amide bonds. The third-order valence-electron chi connectivity index (χ3n) is 4.82. The lowest BCUT2D eigenvalue weighted by Gasteiger charge is -2.30. The van der Waals surface area contributed by atoms with Crippen molar-refractivity contribution in [2.75, 3.05) is 23.3 Å². The van der Waals surface area contributed by atoms with E-state index in [1.165, 1.54) is 18.6 Å². The molecule has 1 saturated heterocycles. The Balaban J connectivity index is 1.78. The third-order valence-corrected chi connectivity index (χ3v) is 4.82. The van der Waals surface area contributed by atoms with Crippen molar-refractivity contribution in [1.29, 1.82) is 0 Å². The van der Waals surface area contributed by atoms with E-state index < -0.39 is 11.9 Å². The predicted molar refractivity (Wildman–Crippen MR) is 107 cm³/mol. The highest BCUT2D eigenvalue weighted by atomic mass is 16.4. The summed E-state index contributed by atoms with van der Waals surface area (Å²) < 4.78 is 0. The van der Waals surface area contributed by atoms with Crippen molar-refractivity contribution in [3.63, 3.8) is 0 Å². The summed E-state index contributed by atoms with van der Waals surface area (Å²) in [7, 11) is 0. The number of amides is 2. The van der Waals surface area contributed by atoms with Crippen LogP contribution in [-0.4, -0.2) is 36.0 Å². The second-order valence-corrected chi connectivity index (χ2v) is 6.87. The summed E-state index contributed by atoms with van der Waals surface area (Å²) in [5.41, 5.74) is 8.03. The van der Waals surface area contributed by atoms with Gasteiger partial charge in [0.15, 0.2) is 0 Å². The topological polar surface area (TPSA) is 113 Å². The number of piperidine rings is 1. The Kier molecular flexibility index (Phi) is 5.93. The number of benzene rings is 2. The Morgan fingerprint density at radius 1 is 0.964 bits per heavy atom. The molecule has 3 rings (SSSR count). The number of carbonyl (C=O) groups excluding carboxylic acids is 2. The number of aromatic carboxylic acids is 1. The molecule has 4 N–H and O–H groups in total. The summed E-state index contributed by atoms with van der Waals surface area (Å²) in [6.07, 6.45) is 3.45. The van der Waals surface area contributed by atoms with Crippen molar-refractivity contribution >= 4 is 29.2 Å². The third kappa shape index (κ3) is 4.68. The molecule has 0 atom stereocenters. The van der Waals surface area contributed by atoms with Crippen LogP contribution in [0.25, 0.3) is 0 Å². The van der Waals surface area contributed by atoms with Crippen molar-refractivity contribution in [1.82, 2.24) is 0 Å². The van der Waals surface area contributed by atoms with Crippen LogP contribution in [0.5, 0.6) is 0 Å². The molecule has 0 saturated carbocycles. The zero-order valence-corrected chi connectivity index (χ0v) is 15.5. The number of carbonyl (C=O) groups is 3. The van der Waals surface area contributed by atoms with Gasteiger partial charge in [-0.1, -0.05) is 12.1 Å². The standard InChI is InChI=1S/C21H23N3O4/c22-20(26)16-8-9-18(24-10-2-1-3-11-24)17(13-16)23-19(25)12-14-4-6-15(7-5-14)21(27)28/h4-9,13H,1-3,10-12H2,(H2,22,26)(H,23,25)(H,27,28). The molecular weight excluding hydrogens is 358 g/mol. The molecule has 1 aliphatic rings. The average Bonchev–Trinajstić information content (AvgIpc) is 2.69. The number of hydrogen-bond acceptors (Lipinski definition) is 4. The van der Waals surface area contributed by atoms with E-state index in [0.717, 1.165) is 31.6 Å². The lowest BCUT2D eigenvalue weighted by Crippen LogP contribution is -2.30. The molecule has 2 aromatic rings. The van der Waals surface area contributed by atoms with Crippen LogP contribution in [0.15, 0.2) is 42.5 Å². The maximum absolute atomic E-state index is 12.6. The van der Waals surface area contributed by atoms with Crippen LogP contribution in [0.2, 0.25) is 0 Å². The molecule has 146 valence electrons. The van der Waals surface area contributed by atoms with E-state index in [1.807, 2.05) is 6.07 Å². The van der Waals surface area contributed by atoms with E-state index >= 15 is 0 Å². The Bertz CT molecular complexity index is 887. The fourth-order valence-electron chi connectivity index (χ4n) is 3.34. The van der Waals surface area contributed by atoms with E-state index in [0.29, 0.717) is 16.8 Å². The zero-order chi connectivity index (χ0) is 20.1. The van der Waals surface area contributed by atoms with Crippen molar-refractivity contribution in [2.24, 2.45) is 5.73 Å². The Labute approximate surface area is 163 Å². The summed E-state index contributed by atoms with van der Waals surface area (Å²) in [5.74, 6) is -1.81. The lowest BCUT2D eigenvalue weighted by atomic mass is 10.1. The van der Waals surface area contributed by atoms with Crippen LogP contribution < -0.4 is 16.0 Å². The Hall–Kier alpha value is -3.35. The van der Waals surface area contributed by atoms with Gasteiger partial charge < -0.3 is 21.1 Å². The molecular formula is C21H23N3O4. The van der Waals surface area contributed by atoms with Crippen molar-refractivity contribution in [3.8, 4) is 0 Å². The highest BCUT2D eigenvalue weighted by Gasteiger charge is 2.17. The maximum Gasteiger partial charge on any atom is 0.335 e. The van der Waals surface area contributed by atoms with Crippen LogP contribution in [0.1, 0.15) is 45.5 Å². The Morgan fingerprint density at radius 2 is 1.61 bits per heavy atom. The number of carboxylic acids is 1. The number of carboxylic acid groups (broad SMARTS) is 1. The van der Waals surface area contributed by atoms with E-state index in [1.54, 1.807) is 24.3 Å². The average molecular weight is 381 g/mol. The van der Waals surface area contributed by atoms with E-state index in [2.05, 4.69) is 10.2 Å². The van der Waals surface area contributed by atoms with E-state index in [-0.39, 0.29) is 17.9 Å². The monoisotopic (exact) mass is 381 g/mol. The molecule has 0 radical (unpaired) electrons. The molecule has 1 fully saturated rings. The van der Waals surface area contributed by atoms with Gasteiger partial charge in [0.05, 0.1) is 23.4 Å². The van der Waals surface area contributed by atoms with E-state index in [4.69, 9.17) is 10.8 Å². The fraction of sp³-hybridized carbons (Fsp3) is 0.286. The lowest BCUT2D eigenvalue weighted by molar-refractivity contribution is -0.115. The first-order valence-electron chi connectivity index (χ1n) is 9.25. The van der Waals surface area contributed by atoms with Crippen molar-refractivity contribution in [2.45, 2.75) is 25.7 Å². The molecule has 0 aromatic heterocycles. The number of nitrogens with two attached hydrogens (primary N) is 1. The van der Waals surface area contributed by atoms with Gasteiger partial charge in [0.25, 0.3) is 0 Å². The SMILES string of the molecule is NC(=O)c1ccc(N2CCCCC2)c(NC(=O)Cc2ccc(C(=O)O)cc2)c1. The summed E-state index contributed by atoms with van der Waals surface area (Å²) in [6, 6.07) is 11.3. The predicted octanol–water partition coefficient (Wildman–Crippen LogP) is 2.66. The van der Waals surface area contributed by atoms with Gasteiger partial charge in [-0.15, -0.1) is 0 Å². The summed E-state index contributed by atoms with van der Waals surface area (Å²) in [6.45, 7) is 1.80. The van der Waals surface area contributed by atoms with Crippen LogP contribution in [0.3, 0.4) is 0 Å². The van der Waals surface area contributed by atoms with Crippen molar-refractivity contribution in [3.05, 3.63) is 59.2 Å². The highest BCUT2D eigenvalue weighted by Crippen LogP contribution is 2.30. The largest absolute Gasteiger partial charge is 0.478 e. The molecule has 0 bridgehead atoms. The normalized spacial score (nSPS) is 13.8. The van der Waals surface area contributed by atoms with Gasteiger partial charge in [0, 0.05) is 18.7 Å². The molecule has 0 aliphatic carbocycles. The fourth-order valence-corrected chi connectivity index (χ4v) is 3.34. The number of anilines is 2. The maximum atomic E-state index is 12.6. The van der Waals surface area contributed by atoms with E-state index in [9.17, 15) is 14.4 Å². The molecule has 0 spiro atoms. The zero-order valence-electron chi connectivity index (χ0n) is 15.5. The van der Waals surface area contributed by atoms with Gasteiger partial charge in [-0.3, -0.25) is 9.59 Å². The number of rotatable bonds is 6. The summed E-state index contributed by atoms with van der Waals surface area (Å²) in [5, 5.41) is 11.8. The van der Waals surface area contributed by atoms with Gasteiger partial charge in [0.1, 0.15) is 0 Å². The first-order valence-corrected chi connectivity index (χ1v) is 9.25. The second kappa shape index (κ2) is 8.56. The molecule has 28 heavy (non-hydrogen) atoms. The van der Waals surface area contributed by atoms with Gasteiger partial charge in [-0.05, 0) is 55.2 Å². The second-order valence-electron chi connectivity index (χ2n) is 6.87. The highest BCUT2D eigenvalue weighted by molar-refractivity contribution is 6.00. The number of hydrogen-bond donors (Lipinski definition) is 3. The summed E-state index contributed by atoms with van der Waals surface area (Å²) in [4.78, 5) is 37.2. The van der Waals surface area contributed by atoms with Gasteiger partial charge >= 0.3 is 5.97 Å². The molecule has 2 aromatic carbocycles. The number of nitrogens with zero attached hydrogens (tertiary/aromatic N) is 1. The molecule has 1 aliphatic heterocycles. The smallest absolute Gasteiger partial charge is 0.335 e. The minimum atomic E-state index is -1.01. The van der Waals surface area contributed by atoms with Crippen LogP contribution in [0, 0.1) is 0 Å². The number of nitrogens with one attached hydrogen (secondary N) is 1. The molecule has 0 unspecified atom stereocenters. The van der Waals surface area contributed by atoms with Gasteiger partial charge in [-0.25, -0.2) is 4.79 Å². The van der Waals surface area contributed by atoms with Crippen LogP contribution >= 0.6 is 0 Å². The number of primary amides is 1. The summed E-state index contributed by atoms with van der Waals surface area (Å²) >= 11 is 0. The first-order chi connectivity index (χ1) is 13.4. The Morgan fingerprint density at radius 3 is 2.21 bits per heavy atom. The quantitative estimate of drug-likeness (QED) is 0.712. The first kappa shape index (κ1) is 19.4. The minimum absolute atomic E-state index is 0.0974. The van der Waals surface area contributed by atoms with Gasteiger partial charge in [0.2, 0.25) is 11.8 Å². The van der Waals surface area contributed by atoms with Crippen LogP contribution in [-0.2, 0) is 11.2 Å². The molecule has 7 heteroatoms. The van der Waals surface area contributed by atoms with Gasteiger partial charge in [-0.2, -0.15) is 0 Å². The van der Waals surface area contributed by atoms with Crippen LogP contribution in [0.4, 0.5) is 11.4 Å².